The lowest BCUT2D eigenvalue weighted by molar-refractivity contribution is 0.280. The number of rotatable bonds is 7. The third-order valence-corrected chi connectivity index (χ3v) is 7.13. The molecular weight excluding hydrogens is 613 g/mol. The van der Waals surface area contributed by atoms with Crippen molar-refractivity contribution in [1.29, 1.82) is 0 Å². The third kappa shape index (κ3) is 5.33. The Kier molecular flexibility index (Phi) is 7.30. The summed E-state index contributed by atoms with van der Waals surface area (Å²) in [6.07, 6.45) is 1.47. The van der Waals surface area contributed by atoms with E-state index in [-0.39, 0.29) is 34.6 Å². The minimum atomic E-state index is -0.381. The first kappa shape index (κ1) is 26.7. The molecule has 0 saturated heterocycles. The molecule has 0 aliphatic heterocycles. The summed E-state index contributed by atoms with van der Waals surface area (Å²) in [5.41, 5.74) is 1.70. The Hall–Kier alpha value is -4.47. The lowest BCUT2D eigenvalue weighted by Crippen LogP contribution is -2.20. The van der Waals surface area contributed by atoms with Crippen molar-refractivity contribution in [3.63, 3.8) is 0 Å². The normalized spacial score (nSPS) is 11.5. The topological polar surface area (TPSA) is 78.9 Å². The first-order chi connectivity index (χ1) is 19.9. The van der Waals surface area contributed by atoms with Crippen LogP contribution in [0.4, 0.5) is 4.39 Å². The van der Waals surface area contributed by atoms with E-state index in [9.17, 15) is 9.18 Å². The number of ether oxygens (including phenoxy) is 2. The van der Waals surface area contributed by atoms with Crippen molar-refractivity contribution in [2.24, 2.45) is 5.10 Å². The summed E-state index contributed by atoms with van der Waals surface area (Å²) in [7, 11) is 1.47. The van der Waals surface area contributed by atoms with Gasteiger partial charge in [-0.25, -0.2) is 9.37 Å². The maximum Gasteiger partial charge on any atom is 0.282 e. The average molecular weight is 633 g/mol. The molecule has 0 radical (unpaired) electrons. The van der Waals surface area contributed by atoms with Gasteiger partial charge in [-0.15, -0.1) is 0 Å². The van der Waals surface area contributed by atoms with Crippen LogP contribution in [0.3, 0.4) is 0 Å². The number of furan rings is 1. The highest BCUT2D eigenvalue weighted by molar-refractivity contribution is 9.10. The van der Waals surface area contributed by atoms with Crippen LogP contribution in [0.2, 0.25) is 5.02 Å². The number of nitrogens with zero attached hydrogens (tertiary/aromatic N) is 3. The minimum Gasteiger partial charge on any atom is -0.493 e. The summed E-state index contributed by atoms with van der Waals surface area (Å²) in [6, 6.07) is 24.1. The molecule has 0 saturated carbocycles. The van der Waals surface area contributed by atoms with Crippen LogP contribution in [0.15, 0.2) is 104 Å². The van der Waals surface area contributed by atoms with Crippen LogP contribution in [0.1, 0.15) is 11.1 Å². The fourth-order valence-electron chi connectivity index (χ4n) is 4.36. The molecule has 41 heavy (non-hydrogen) atoms. The number of benzene rings is 4. The van der Waals surface area contributed by atoms with Crippen LogP contribution in [0.25, 0.3) is 33.5 Å². The van der Waals surface area contributed by atoms with E-state index in [0.717, 1.165) is 9.86 Å². The van der Waals surface area contributed by atoms with Crippen molar-refractivity contribution in [3.8, 4) is 23.1 Å². The number of para-hydroxylation sites is 1. The molecule has 0 fully saturated rings. The van der Waals surface area contributed by atoms with Crippen LogP contribution in [-0.2, 0) is 6.61 Å². The van der Waals surface area contributed by atoms with Crippen LogP contribution in [0, 0.1) is 5.82 Å². The highest BCUT2D eigenvalue weighted by Crippen LogP contribution is 2.37. The second-order valence-corrected chi connectivity index (χ2v) is 10.3. The van der Waals surface area contributed by atoms with E-state index in [1.165, 1.54) is 24.1 Å². The SMILES string of the molecule is COc1cc(C=Nn2c(-c3cc4cc(Br)ccc4o3)nc3ccccc3c2=O)cc(Cl)c1OCc1ccccc1F. The van der Waals surface area contributed by atoms with Gasteiger partial charge in [-0.3, -0.25) is 4.79 Å². The molecule has 4 aromatic carbocycles. The van der Waals surface area contributed by atoms with Gasteiger partial charge < -0.3 is 13.9 Å². The molecule has 10 heteroatoms. The third-order valence-electron chi connectivity index (χ3n) is 6.36. The number of fused-ring (bicyclic) bond motifs is 2. The van der Waals surface area contributed by atoms with E-state index < -0.39 is 0 Å². The summed E-state index contributed by atoms with van der Waals surface area (Å²) >= 11 is 10.0. The van der Waals surface area contributed by atoms with E-state index in [0.29, 0.717) is 39.1 Å². The monoisotopic (exact) mass is 631 g/mol. The Labute approximate surface area is 246 Å². The van der Waals surface area contributed by atoms with Gasteiger partial charge in [-0.05, 0) is 60.2 Å². The van der Waals surface area contributed by atoms with Crippen molar-refractivity contribution in [2.45, 2.75) is 6.61 Å². The predicted octanol–water partition coefficient (Wildman–Crippen LogP) is 7.83. The standard InChI is InChI=1S/C31H20BrClFN3O4/c1-39-27-13-18(12-23(33)29(27)40-17-19-6-2-4-8-24(19)34)16-35-37-30(36-25-9-5-3-7-22(25)31(37)38)28-15-20-14-21(32)10-11-26(20)41-28/h2-16H,17H2,1H3. The van der Waals surface area contributed by atoms with E-state index in [4.69, 9.17) is 30.5 Å². The van der Waals surface area contributed by atoms with Gasteiger partial charge in [0, 0.05) is 15.4 Å². The number of hydrogen-bond acceptors (Lipinski definition) is 6. The maximum absolute atomic E-state index is 14.1. The van der Waals surface area contributed by atoms with Gasteiger partial charge in [0.05, 0.1) is 29.2 Å². The molecule has 2 heterocycles. The Morgan fingerprint density at radius 1 is 1.07 bits per heavy atom. The summed E-state index contributed by atoms with van der Waals surface area (Å²) in [5.74, 6) is 0.815. The largest absolute Gasteiger partial charge is 0.493 e. The molecule has 6 aromatic rings. The van der Waals surface area contributed by atoms with Crippen LogP contribution in [-0.4, -0.2) is 23.0 Å². The zero-order valence-electron chi connectivity index (χ0n) is 21.5. The number of hydrogen-bond donors (Lipinski definition) is 0. The molecule has 6 rings (SSSR count). The second-order valence-electron chi connectivity index (χ2n) is 9.02. The number of aromatic nitrogens is 2. The summed E-state index contributed by atoms with van der Waals surface area (Å²) in [4.78, 5) is 18.3. The second kappa shape index (κ2) is 11.2. The summed E-state index contributed by atoms with van der Waals surface area (Å²) < 4.78 is 33.5. The molecule has 0 atom stereocenters. The van der Waals surface area contributed by atoms with Crippen LogP contribution < -0.4 is 15.0 Å². The molecule has 7 nitrogen and oxygen atoms in total. The first-order valence-corrected chi connectivity index (χ1v) is 13.6. The zero-order valence-corrected chi connectivity index (χ0v) is 23.8. The van der Waals surface area contributed by atoms with Gasteiger partial charge in [0.2, 0.25) is 5.82 Å². The van der Waals surface area contributed by atoms with E-state index in [2.05, 4.69) is 21.0 Å². The van der Waals surface area contributed by atoms with Crippen LogP contribution >= 0.6 is 27.5 Å². The van der Waals surface area contributed by atoms with Crippen molar-refractivity contribution in [1.82, 2.24) is 9.66 Å². The molecule has 0 spiro atoms. The van der Waals surface area contributed by atoms with Gasteiger partial charge in [-0.2, -0.15) is 9.78 Å². The zero-order chi connectivity index (χ0) is 28.5. The van der Waals surface area contributed by atoms with Crippen molar-refractivity contribution < 1.29 is 18.3 Å². The summed E-state index contributed by atoms with van der Waals surface area (Å²) in [6.45, 7) is -0.0359. The lowest BCUT2D eigenvalue weighted by Gasteiger charge is -2.14. The molecule has 0 amide bonds. The van der Waals surface area contributed by atoms with Crippen molar-refractivity contribution in [3.05, 3.63) is 122 Å². The molecule has 0 aliphatic carbocycles. The Balaban J connectivity index is 1.40. The fraction of sp³-hybridized carbons (Fsp3) is 0.0645. The van der Waals surface area contributed by atoms with Crippen LogP contribution in [0.5, 0.6) is 11.5 Å². The molecular formula is C31H20BrClFN3O4. The smallest absolute Gasteiger partial charge is 0.282 e. The molecule has 0 unspecified atom stereocenters. The Bertz CT molecular complexity index is 2020. The number of methoxy groups -OCH3 is 1. The Morgan fingerprint density at radius 3 is 2.71 bits per heavy atom. The highest BCUT2D eigenvalue weighted by atomic mass is 79.9. The number of halogens is 3. The predicted molar refractivity (Wildman–Crippen MR) is 161 cm³/mol. The highest BCUT2D eigenvalue weighted by Gasteiger charge is 2.17. The summed E-state index contributed by atoms with van der Waals surface area (Å²) in [5, 5.41) is 5.96. The molecule has 2 aromatic heterocycles. The quantitative estimate of drug-likeness (QED) is 0.168. The molecule has 204 valence electrons. The Morgan fingerprint density at radius 2 is 1.88 bits per heavy atom. The van der Waals surface area contributed by atoms with Gasteiger partial charge in [0.25, 0.3) is 5.56 Å². The van der Waals surface area contributed by atoms with Gasteiger partial charge >= 0.3 is 0 Å². The first-order valence-electron chi connectivity index (χ1n) is 12.4. The molecule has 0 N–H and O–H groups in total. The minimum absolute atomic E-state index is 0.0359. The van der Waals surface area contributed by atoms with E-state index >= 15 is 0 Å². The maximum atomic E-state index is 14.1. The van der Waals surface area contributed by atoms with Crippen molar-refractivity contribution in [2.75, 3.05) is 7.11 Å². The van der Waals surface area contributed by atoms with Gasteiger partial charge in [0.15, 0.2) is 17.3 Å². The van der Waals surface area contributed by atoms with Gasteiger partial charge in [-0.1, -0.05) is 57.9 Å². The van der Waals surface area contributed by atoms with Gasteiger partial charge in [0.1, 0.15) is 18.0 Å². The van der Waals surface area contributed by atoms with E-state index in [1.807, 2.05) is 30.3 Å². The lowest BCUT2D eigenvalue weighted by atomic mass is 10.2. The molecule has 0 bridgehead atoms. The molecule has 0 aliphatic rings. The van der Waals surface area contributed by atoms with E-state index in [1.54, 1.807) is 48.5 Å². The average Bonchev–Trinajstić information content (AvgIpc) is 3.39. The fourth-order valence-corrected chi connectivity index (χ4v) is 5.01. The van der Waals surface area contributed by atoms with Crippen molar-refractivity contribution >= 4 is 55.6 Å².